The van der Waals surface area contributed by atoms with Gasteiger partial charge in [0.05, 0.1) is 0 Å². The number of ether oxygens (including phenoxy) is 1. The van der Waals surface area contributed by atoms with E-state index >= 15 is 0 Å². The van der Waals surface area contributed by atoms with Crippen molar-refractivity contribution in [3.63, 3.8) is 0 Å². The Labute approximate surface area is 168 Å². The zero-order valence-electron chi connectivity index (χ0n) is 18.0. The van der Waals surface area contributed by atoms with Crippen LogP contribution >= 0.6 is 0 Å². The molecule has 0 aliphatic heterocycles. The van der Waals surface area contributed by atoms with Gasteiger partial charge in [-0.2, -0.15) is 0 Å². The molecule has 0 aromatic heterocycles. The highest BCUT2D eigenvalue weighted by atomic mass is 16.6. The molecule has 4 heteroatoms. The van der Waals surface area contributed by atoms with E-state index in [-0.39, 0.29) is 22.6 Å². The molecular weight excluding hydrogens is 352 g/mol. The number of ketones is 2. The van der Waals surface area contributed by atoms with E-state index in [9.17, 15) is 14.4 Å². The summed E-state index contributed by atoms with van der Waals surface area (Å²) in [7, 11) is 0. The van der Waals surface area contributed by atoms with Gasteiger partial charge in [-0.05, 0) is 75.5 Å². The van der Waals surface area contributed by atoms with Crippen LogP contribution in [0.5, 0.6) is 0 Å². The minimum atomic E-state index is -0.962. The van der Waals surface area contributed by atoms with Gasteiger partial charge in [0.25, 0.3) is 0 Å². The molecule has 4 rings (SSSR count). The third-order valence-electron chi connectivity index (χ3n) is 9.31. The minimum absolute atomic E-state index is 0.00406. The van der Waals surface area contributed by atoms with E-state index < -0.39 is 5.60 Å². The average molecular weight is 387 g/mol. The van der Waals surface area contributed by atoms with Crippen LogP contribution in [0.1, 0.15) is 86.0 Å². The van der Waals surface area contributed by atoms with E-state index in [0.717, 1.165) is 32.1 Å². The van der Waals surface area contributed by atoms with Gasteiger partial charge >= 0.3 is 5.97 Å². The first-order valence-corrected chi connectivity index (χ1v) is 11.0. The highest BCUT2D eigenvalue weighted by Gasteiger charge is 2.67. The van der Waals surface area contributed by atoms with Crippen molar-refractivity contribution in [2.75, 3.05) is 0 Å². The van der Waals surface area contributed by atoms with Crippen LogP contribution in [-0.2, 0) is 19.1 Å². The van der Waals surface area contributed by atoms with E-state index in [2.05, 4.69) is 20.8 Å². The summed E-state index contributed by atoms with van der Waals surface area (Å²) in [6.45, 7) is 9.82. The van der Waals surface area contributed by atoms with Crippen molar-refractivity contribution < 1.29 is 19.1 Å². The first-order chi connectivity index (χ1) is 13.0. The van der Waals surface area contributed by atoms with Gasteiger partial charge in [-0.15, -0.1) is 0 Å². The summed E-state index contributed by atoms with van der Waals surface area (Å²) in [6.07, 6.45) is 6.89. The van der Waals surface area contributed by atoms with E-state index in [1.807, 2.05) is 0 Å². The van der Waals surface area contributed by atoms with Gasteiger partial charge in [0.2, 0.25) is 0 Å². The first-order valence-electron chi connectivity index (χ1n) is 11.0. The van der Waals surface area contributed by atoms with Crippen LogP contribution in [-0.4, -0.2) is 23.1 Å². The second-order valence-corrected chi connectivity index (χ2v) is 10.4. The zero-order chi connectivity index (χ0) is 20.5. The Morgan fingerprint density at radius 2 is 1.71 bits per heavy atom. The molecule has 0 saturated heterocycles. The van der Waals surface area contributed by atoms with Gasteiger partial charge in [-0.25, -0.2) is 0 Å². The molecule has 6 unspecified atom stereocenters. The van der Waals surface area contributed by atoms with Crippen LogP contribution in [0.4, 0.5) is 0 Å². The van der Waals surface area contributed by atoms with Crippen LogP contribution in [0.15, 0.2) is 11.1 Å². The lowest BCUT2D eigenvalue weighted by atomic mass is 9.46. The van der Waals surface area contributed by atoms with Crippen molar-refractivity contribution in [3.8, 4) is 0 Å². The van der Waals surface area contributed by atoms with Crippen LogP contribution in [0.25, 0.3) is 0 Å². The standard InChI is InChI=1S/C24H34O4/c1-14-12-18-19(22(4)9-6-17(27)13-21(14)22)7-10-23(5)20(18)8-11-24(23,15(2)25)28-16(3)26/h18-20H,6-13H2,1-5H3. The Morgan fingerprint density at radius 1 is 1.04 bits per heavy atom. The number of esters is 1. The maximum absolute atomic E-state index is 12.8. The number of allylic oxidation sites excluding steroid dienone is 2. The second-order valence-electron chi connectivity index (χ2n) is 10.4. The molecule has 4 aliphatic rings. The Balaban J connectivity index is 1.74. The van der Waals surface area contributed by atoms with Crippen molar-refractivity contribution >= 4 is 17.5 Å². The summed E-state index contributed by atoms with van der Waals surface area (Å²) < 4.78 is 5.84. The predicted molar refractivity (Wildman–Crippen MR) is 107 cm³/mol. The molecule has 0 N–H and O–H groups in total. The maximum atomic E-state index is 12.8. The molecule has 0 heterocycles. The zero-order valence-corrected chi connectivity index (χ0v) is 18.0. The molecular formula is C24H34O4. The fourth-order valence-electron chi connectivity index (χ4n) is 7.99. The first kappa shape index (κ1) is 19.8. The third-order valence-corrected chi connectivity index (χ3v) is 9.31. The van der Waals surface area contributed by atoms with Crippen LogP contribution in [0.3, 0.4) is 0 Å². The summed E-state index contributed by atoms with van der Waals surface area (Å²) in [6, 6.07) is 0. The van der Waals surface area contributed by atoms with Crippen molar-refractivity contribution in [2.24, 2.45) is 28.6 Å². The van der Waals surface area contributed by atoms with Crippen molar-refractivity contribution in [1.29, 1.82) is 0 Å². The van der Waals surface area contributed by atoms with E-state index in [1.165, 1.54) is 18.1 Å². The monoisotopic (exact) mass is 386 g/mol. The Bertz CT molecular complexity index is 779. The summed E-state index contributed by atoms with van der Waals surface area (Å²) in [4.78, 5) is 36.8. The molecule has 0 spiro atoms. The van der Waals surface area contributed by atoms with Gasteiger partial charge in [-0.3, -0.25) is 14.4 Å². The number of hydrogen-bond donors (Lipinski definition) is 0. The van der Waals surface area contributed by atoms with E-state index in [1.54, 1.807) is 6.92 Å². The quantitative estimate of drug-likeness (QED) is 0.505. The van der Waals surface area contributed by atoms with E-state index in [0.29, 0.717) is 42.8 Å². The molecule has 4 aliphatic carbocycles. The van der Waals surface area contributed by atoms with Gasteiger partial charge in [0, 0.05) is 25.2 Å². The van der Waals surface area contributed by atoms with Gasteiger partial charge in [0.1, 0.15) is 5.78 Å². The predicted octanol–water partition coefficient (Wildman–Crippen LogP) is 4.80. The second kappa shape index (κ2) is 6.27. The summed E-state index contributed by atoms with van der Waals surface area (Å²) >= 11 is 0. The highest BCUT2D eigenvalue weighted by molar-refractivity contribution is 5.89. The molecule has 0 aromatic carbocycles. The number of carbonyl (C=O) groups excluding carboxylic acids is 3. The topological polar surface area (TPSA) is 60.4 Å². The average Bonchev–Trinajstić information content (AvgIpc) is 2.90. The van der Waals surface area contributed by atoms with Crippen LogP contribution in [0, 0.1) is 28.6 Å². The molecule has 4 nitrogen and oxygen atoms in total. The smallest absolute Gasteiger partial charge is 0.303 e. The fraction of sp³-hybridized carbons (Fsp3) is 0.792. The lowest BCUT2D eigenvalue weighted by Gasteiger charge is -2.59. The maximum Gasteiger partial charge on any atom is 0.303 e. The fourth-order valence-corrected chi connectivity index (χ4v) is 7.99. The molecule has 3 fully saturated rings. The SMILES string of the molecule is CC(=O)OC1(C(C)=O)CCC2C3CC(C)=C4CC(=O)CCC4(C)C3CCC21C. The summed E-state index contributed by atoms with van der Waals surface area (Å²) in [5.41, 5.74) is 1.67. The van der Waals surface area contributed by atoms with Crippen molar-refractivity contribution in [1.82, 2.24) is 0 Å². The minimum Gasteiger partial charge on any atom is -0.451 e. The van der Waals surface area contributed by atoms with Crippen LogP contribution < -0.4 is 0 Å². The number of hydrogen-bond acceptors (Lipinski definition) is 4. The van der Waals surface area contributed by atoms with Crippen LogP contribution in [0.2, 0.25) is 0 Å². The number of Topliss-reactive ketones (excluding diaryl/α,β-unsaturated/α-hetero) is 2. The molecule has 3 saturated carbocycles. The molecule has 28 heavy (non-hydrogen) atoms. The molecule has 6 atom stereocenters. The molecule has 154 valence electrons. The Morgan fingerprint density at radius 3 is 2.36 bits per heavy atom. The molecule has 0 bridgehead atoms. The van der Waals surface area contributed by atoms with Gasteiger partial charge < -0.3 is 4.74 Å². The third kappa shape index (κ3) is 2.45. The van der Waals surface area contributed by atoms with Gasteiger partial charge in [-0.1, -0.05) is 25.0 Å². The Kier molecular flexibility index (Phi) is 4.45. The summed E-state index contributed by atoms with van der Waals surface area (Å²) in [5, 5.41) is 0. The molecule has 0 radical (unpaired) electrons. The van der Waals surface area contributed by atoms with Gasteiger partial charge in [0.15, 0.2) is 11.4 Å². The molecule has 0 aromatic rings. The summed E-state index contributed by atoms with van der Waals surface area (Å²) in [5.74, 6) is 1.51. The lowest BCUT2D eigenvalue weighted by Crippen LogP contribution is -2.58. The number of fused-ring (bicyclic) bond motifs is 5. The van der Waals surface area contributed by atoms with E-state index in [4.69, 9.17) is 4.74 Å². The number of rotatable bonds is 2. The highest BCUT2D eigenvalue weighted by Crippen LogP contribution is 2.68. The van der Waals surface area contributed by atoms with Crippen molar-refractivity contribution in [2.45, 2.75) is 91.6 Å². The molecule has 0 amide bonds. The number of carbonyl (C=O) groups is 3. The largest absolute Gasteiger partial charge is 0.451 e. The lowest BCUT2D eigenvalue weighted by molar-refractivity contribution is -0.186. The Hall–Kier alpha value is -1.45. The normalized spacial score (nSPS) is 45.2. The van der Waals surface area contributed by atoms with Crippen molar-refractivity contribution in [3.05, 3.63) is 11.1 Å².